The highest BCUT2D eigenvalue weighted by Crippen LogP contribution is 2.33. The first-order valence-electron chi connectivity index (χ1n) is 6.03. The van der Waals surface area contributed by atoms with Crippen molar-refractivity contribution in [2.75, 3.05) is 12.1 Å². The van der Waals surface area contributed by atoms with Gasteiger partial charge in [-0.2, -0.15) is 4.39 Å². The Morgan fingerprint density at radius 3 is 2.71 bits per heavy atom. The molecule has 1 N–H and O–H groups in total. The summed E-state index contributed by atoms with van der Waals surface area (Å²) in [7, 11) is 1.57. The molecule has 0 bridgehead atoms. The zero-order valence-corrected chi connectivity index (χ0v) is 11.1. The third kappa shape index (κ3) is 1.68. The van der Waals surface area contributed by atoms with Gasteiger partial charge in [0.2, 0.25) is 11.2 Å². The van der Waals surface area contributed by atoms with Crippen LogP contribution in [0.15, 0.2) is 17.1 Å². The van der Waals surface area contributed by atoms with Crippen LogP contribution >= 0.6 is 0 Å². The number of aromatic nitrogens is 1. The Morgan fingerprint density at radius 1 is 1.43 bits per heavy atom. The molecule has 1 unspecified atom stereocenters. The Hall–Kier alpha value is -2.64. The normalized spacial score (nSPS) is 17.0. The lowest BCUT2D eigenvalue weighted by molar-refractivity contribution is 0.0694. The molecule has 0 radical (unpaired) electrons. The summed E-state index contributed by atoms with van der Waals surface area (Å²) in [6.07, 6.45) is 0.411. The van der Waals surface area contributed by atoms with Gasteiger partial charge in [-0.15, -0.1) is 0 Å². The number of carboxylic acid groups (broad SMARTS) is 1. The fourth-order valence-corrected chi connectivity index (χ4v) is 2.31. The first kappa shape index (κ1) is 13.3. The van der Waals surface area contributed by atoms with Gasteiger partial charge < -0.3 is 9.84 Å². The van der Waals surface area contributed by atoms with Crippen LogP contribution in [-0.2, 0) is 0 Å². The summed E-state index contributed by atoms with van der Waals surface area (Å²) in [5.74, 6) is -4.31. The number of carbonyl (C=O) groups is 1. The summed E-state index contributed by atoms with van der Waals surface area (Å²) in [6.45, 7) is 1.58. The van der Waals surface area contributed by atoms with Gasteiger partial charge in [0.15, 0.2) is 17.8 Å². The van der Waals surface area contributed by atoms with Crippen molar-refractivity contribution in [1.29, 1.82) is 0 Å². The molecule has 1 aliphatic heterocycles. The lowest BCUT2D eigenvalue weighted by atomic mass is 10.1. The third-order valence-electron chi connectivity index (χ3n) is 3.50. The van der Waals surface area contributed by atoms with E-state index in [0.29, 0.717) is 6.07 Å². The van der Waals surface area contributed by atoms with E-state index in [0.717, 1.165) is 6.20 Å². The number of halogens is 2. The Balaban J connectivity index is 2.56. The van der Waals surface area contributed by atoms with Crippen LogP contribution in [0, 0.1) is 11.6 Å². The second-order valence-corrected chi connectivity index (χ2v) is 4.71. The van der Waals surface area contributed by atoms with E-state index in [4.69, 9.17) is 9.84 Å². The molecule has 0 aliphatic carbocycles. The Kier molecular flexibility index (Phi) is 2.65. The van der Waals surface area contributed by atoms with Crippen molar-refractivity contribution in [1.82, 2.24) is 4.68 Å². The average molecular weight is 296 g/mol. The number of carboxylic acids is 1. The van der Waals surface area contributed by atoms with Gasteiger partial charge in [0.05, 0.1) is 5.39 Å². The van der Waals surface area contributed by atoms with Crippen LogP contribution in [0.5, 0.6) is 5.75 Å². The maximum atomic E-state index is 13.9. The van der Waals surface area contributed by atoms with Crippen LogP contribution in [0.1, 0.15) is 17.3 Å². The number of pyridine rings is 1. The van der Waals surface area contributed by atoms with Crippen LogP contribution < -0.4 is 15.2 Å². The molecule has 21 heavy (non-hydrogen) atoms. The minimum Gasteiger partial charge on any atom is -0.477 e. The number of hydrogen-bond donors (Lipinski definition) is 1. The van der Waals surface area contributed by atoms with E-state index < -0.39 is 40.6 Å². The minimum absolute atomic E-state index is 0.00417. The number of benzene rings is 1. The van der Waals surface area contributed by atoms with Gasteiger partial charge in [-0.1, -0.05) is 0 Å². The van der Waals surface area contributed by atoms with E-state index in [-0.39, 0.29) is 10.9 Å². The fourth-order valence-electron chi connectivity index (χ4n) is 2.31. The summed E-state index contributed by atoms with van der Waals surface area (Å²) >= 11 is 0. The van der Waals surface area contributed by atoms with Crippen molar-refractivity contribution < 1.29 is 23.4 Å². The van der Waals surface area contributed by atoms with Gasteiger partial charge in [0.1, 0.15) is 11.1 Å². The van der Waals surface area contributed by atoms with Crippen LogP contribution in [-0.4, -0.2) is 29.0 Å². The molecule has 1 aliphatic rings. The summed E-state index contributed by atoms with van der Waals surface area (Å²) in [5.41, 5.74) is -1.41. The molecule has 0 fully saturated rings. The van der Waals surface area contributed by atoms with Gasteiger partial charge in [-0.3, -0.25) is 14.5 Å². The molecule has 6 nitrogen and oxygen atoms in total. The van der Waals surface area contributed by atoms with E-state index in [1.54, 1.807) is 14.0 Å². The molecule has 0 saturated carbocycles. The molecular weight excluding hydrogens is 286 g/mol. The SMILES string of the molecule is CC1Oc2c(F)c(F)cc3c(=O)c(C(=O)O)cn(c23)N1C. The van der Waals surface area contributed by atoms with Crippen molar-refractivity contribution in [2.24, 2.45) is 0 Å². The summed E-state index contributed by atoms with van der Waals surface area (Å²) in [5, 5.41) is 10.3. The first-order chi connectivity index (χ1) is 9.82. The number of aromatic carboxylic acids is 1. The van der Waals surface area contributed by atoms with Crippen molar-refractivity contribution in [3.05, 3.63) is 39.7 Å². The summed E-state index contributed by atoms with van der Waals surface area (Å²) in [4.78, 5) is 23.3. The lowest BCUT2D eigenvalue weighted by Gasteiger charge is -2.35. The van der Waals surface area contributed by atoms with Crippen LogP contribution in [0.4, 0.5) is 8.78 Å². The monoisotopic (exact) mass is 296 g/mol. The summed E-state index contributed by atoms with van der Waals surface area (Å²) in [6, 6.07) is 0.687. The van der Waals surface area contributed by atoms with E-state index in [2.05, 4.69) is 0 Å². The van der Waals surface area contributed by atoms with Gasteiger partial charge in [-0.05, 0) is 13.0 Å². The quantitative estimate of drug-likeness (QED) is 0.858. The molecule has 0 spiro atoms. The molecule has 2 heterocycles. The van der Waals surface area contributed by atoms with Crippen LogP contribution in [0.25, 0.3) is 10.9 Å². The van der Waals surface area contributed by atoms with Gasteiger partial charge >= 0.3 is 5.97 Å². The topological polar surface area (TPSA) is 71.8 Å². The van der Waals surface area contributed by atoms with Crippen molar-refractivity contribution >= 4 is 16.9 Å². The molecule has 1 atom stereocenters. The predicted molar refractivity (Wildman–Crippen MR) is 69.3 cm³/mol. The van der Waals surface area contributed by atoms with E-state index in [9.17, 15) is 18.4 Å². The van der Waals surface area contributed by atoms with Crippen molar-refractivity contribution in [2.45, 2.75) is 13.2 Å². The number of hydrogen-bond acceptors (Lipinski definition) is 4. The Bertz CT molecular complexity index is 846. The maximum absolute atomic E-state index is 13.9. The largest absolute Gasteiger partial charge is 0.477 e. The fraction of sp³-hybridized carbons (Fsp3) is 0.231. The molecule has 1 aromatic carbocycles. The van der Waals surface area contributed by atoms with E-state index >= 15 is 0 Å². The zero-order chi connectivity index (χ0) is 15.5. The second-order valence-electron chi connectivity index (χ2n) is 4.71. The summed E-state index contributed by atoms with van der Waals surface area (Å²) < 4.78 is 34.1. The highest BCUT2D eigenvalue weighted by Gasteiger charge is 2.30. The van der Waals surface area contributed by atoms with Gasteiger partial charge in [0, 0.05) is 13.2 Å². The number of ether oxygens (including phenoxy) is 1. The Labute approximate surface area is 116 Å². The first-order valence-corrected chi connectivity index (χ1v) is 6.03. The highest BCUT2D eigenvalue weighted by molar-refractivity contribution is 5.94. The van der Waals surface area contributed by atoms with Crippen LogP contribution in [0.2, 0.25) is 0 Å². The number of nitrogens with zero attached hydrogens (tertiary/aromatic N) is 2. The molecule has 1 aromatic heterocycles. The van der Waals surface area contributed by atoms with E-state index in [1.807, 2.05) is 0 Å². The van der Waals surface area contributed by atoms with Crippen molar-refractivity contribution in [3.8, 4) is 5.75 Å². The maximum Gasteiger partial charge on any atom is 0.341 e. The van der Waals surface area contributed by atoms with Crippen LogP contribution in [0.3, 0.4) is 0 Å². The molecular formula is C13H10F2N2O4. The van der Waals surface area contributed by atoms with Crippen molar-refractivity contribution in [3.63, 3.8) is 0 Å². The second kappa shape index (κ2) is 4.18. The van der Waals surface area contributed by atoms with Gasteiger partial charge in [-0.25, -0.2) is 9.18 Å². The van der Waals surface area contributed by atoms with E-state index in [1.165, 1.54) is 9.69 Å². The smallest absolute Gasteiger partial charge is 0.341 e. The Morgan fingerprint density at radius 2 is 2.10 bits per heavy atom. The number of rotatable bonds is 1. The molecule has 0 amide bonds. The molecule has 110 valence electrons. The highest BCUT2D eigenvalue weighted by atomic mass is 19.2. The molecule has 2 aromatic rings. The minimum atomic E-state index is -1.44. The zero-order valence-electron chi connectivity index (χ0n) is 11.1. The van der Waals surface area contributed by atoms with Gasteiger partial charge in [0.25, 0.3) is 0 Å². The molecule has 0 saturated heterocycles. The standard InChI is InChI=1S/C13H10F2N2O4/c1-5-16(2)17-4-7(13(19)20)11(18)6-3-8(14)9(15)12(21-5)10(6)17/h3-5H,1-2H3,(H,19,20). The molecule has 3 rings (SSSR count). The molecule has 8 heteroatoms. The third-order valence-corrected chi connectivity index (χ3v) is 3.50. The predicted octanol–water partition coefficient (Wildman–Crippen LogP) is 1.28. The lowest BCUT2D eigenvalue weighted by Crippen LogP contribution is -2.46. The average Bonchev–Trinajstić information content (AvgIpc) is 2.42.